The van der Waals surface area contributed by atoms with Gasteiger partial charge < -0.3 is 59.7 Å². The number of aromatic nitrogens is 4. The molecule has 0 unspecified atom stereocenters. The Morgan fingerprint density at radius 3 is 1.28 bits per heavy atom. The van der Waals surface area contributed by atoms with Crippen LogP contribution < -0.4 is 40.8 Å². The molecule has 4 aliphatic rings. The molecule has 5 aromatic carbocycles. The Bertz CT molecular complexity index is 5840. The Morgan fingerprint density at radius 1 is 0.543 bits per heavy atom. The van der Waals surface area contributed by atoms with Crippen LogP contribution in [0.25, 0.3) is 46.6 Å². The van der Waals surface area contributed by atoms with Crippen molar-refractivity contribution in [1.82, 2.24) is 54.2 Å². The minimum absolute atomic E-state index is 0. The summed E-state index contributed by atoms with van der Waals surface area (Å²) in [6.45, 7) is 23.4. The number of fused-ring (bicyclic) bond motifs is 4. The number of carbonyl (C=O) groups is 3. The van der Waals surface area contributed by atoms with Gasteiger partial charge in [-0.3, -0.25) is 9.89 Å². The molecular weight excluding hydrogens is 2080 g/mol. The van der Waals surface area contributed by atoms with Crippen molar-refractivity contribution in [2.24, 2.45) is 22.7 Å². The van der Waals surface area contributed by atoms with E-state index in [-0.39, 0.29) is 97.9 Å². The van der Waals surface area contributed by atoms with Crippen molar-refractivity contribution in [3.63, 3.8) is 0 Å². The summed E-state index contributed by atoms with van der Waals surface area (Å²) in [5, 5.41) is 7.31. The summed E-state index contributed by atoms with van der Waals surface area (Å²) in [4.78, 5) is 66.0. The number of amides is 2. The first kappa shape index (κ1) is 122. The molecule has 0 aliphatic carbocycles. The number of nitrogens with zero attached hydrogens (tertiary/aromatic N) is 12. The zero-order chi connectivity index (χ0) is 103. The Balaban J connectivity index is 0.000000347. The van der Waals surface area contributed by atoms with E-state index in [9.17, 15) is 79.9 Å². The smallest absolute Gasteiger partial charge is 1.00 e. The minimum atomic E-state index is -5.84. The Kier molecular flexibility index (Phi) is 43.8. The number of hydrogen-bond acceptors (Lipinski definition) is 26. The summed E-state index contributed by atoms with van der Waals surface area (Å²) in [5.41, 5.74) is 4.95. The first-order valence-electron chi connectivity index (χ1n) is 42.5. The molecule has 24 nitrogen and oxygen atoms in total. The fourth-order valence-electron chi connectivity index (χ4n) is 13.0. The summed E-state index contributed by atoms with van der Waals surface area (Å²) < 4.78 is 229. The van der Waals surface area contributed by atoms with Gasteiger partial charge in [-0.1, -0.05) is 76.9 Å². The van der Waals surface area contributed by atoms with Crippen LogP contribution in [-0.4, -0.2) is 264 Å². The number of likely N-dealkylation sites (N-methyl/N-ethyl adjacent to an activating group) is 4. The number of nitrogens with two attached hydrogens (primary N) is 1. The number of allylic oxidation sites excluding steroid dienone is 2. The van der Waals surface area contributed by atoms with Crippen LogP contribution in [0, 0.1) is 17.8 Å². The molecule has 48 heteroatoms. The SMILES string of the molecule is CN(C)CC(F)(F)C(=O)O.CN(C)CC(F)(F)c1nc2cc(B3OC(C)(C)C(C)(C)O3)ccc2s1.CN(C)CC(F)(F)c1nc2cc(Br)ccc2s1.C[C@H]1CC=C(OS(=O)(=O)C(F)(F)F)N(C(=O)OC(C)(C)C)C1.C[C@H]1CC=C(c2ccc3sc(C(F)(F)CN(C)C)nc3c2)N(C(=O)OC(C)(C)C)C1.C[C@H]1CCC(c2ccc3sc(C(F)(F)CN(C)C)nc3c2)=NC1.Nc1cc(Br)ccc1S.[B].[H-].[Na+]. The van der Waals surface area contributed by atoms with Crippen LogP contribution in [0.4, 0.5) is 72.4 Å². The zero-order valence-electron chi connectivity index (χ0n) is 82.3. The maximum atomic E-state index is 14.5. The second-order valence-corrected chi connectivity index (χ2v) is 45.5. The van der Waals surface area contributed by atoms with Crippen LogP contribution >= 0.6 is 89.8 Å². The number of ether oxygens (including phenoxy) is 2. The fourth-order valence-corrected chi connectivity index (χ4v) is 18.0. The van der Waals surface area contributed by atoms with Crippen LogP contribution in [0.2, 0.25) is 0 Å². The summed E-state index contributed by atoms with van der Waals surface area (Å²) in [5.74, 6) is -17.4. The maximum absolute atomic E-state index is 14.5. The number of benzene rings is 5. The van der Waals surface area contributed by atoms with E-state index < -0.39 is 112 Å². The van der Waals surface area contributed by atoms with Crippen LogP contribution in [0.3, 0.4) is 0 Å². The van der Waals surface area contributed by atoms with Crippen LogP contribution in [0.15, 0.2) is 128 Å². The average molecular weight is 2200 g/mol. The van der Waals surface area contributed by atoms with E-state index in [4.69, 9.17) is 29.6 Å². The number of alkyl halides is 13. The van der Waals surface area contributed by atoms with Crippen LogP contribution in [-0.2, 0) is 61.6 Å². The molecule has 138 heavy (non-hydrogen) atoms. The van der Waals surface area contributed by atoms with Gasteiger partial charge in [0.2, 0.25) is 5.88 Å². The molecule has 1 saturated heterocycles. The molecule has 13 rings (SSSR count). The van der Waals surface area contributed by atoms with Crippen molar-refractivity contribution in [2.45, 2.75) is 178 Å². The number of carboxylic acid groups (broad SMARTS) is 1. The monoisotopic (exact) mass is 2200 g/mol. The third-order valence-electron chi connectivity index (χ3n) is 19.9. The average Bonchev–Trinajstić information content (AvgIpc) is 1.62. The number of anilines is 1. The molecule has 1 fully saturated rings. The van der Waals surface area contributed by atoms with Gasteiger partial charge >= 0.3 is 100 Å². The van der Waals surface area contributed by atoms with E-state index in [0.29, 0.717) is 50.8 Å². The normalized spacial score (nSPS) is 17.1. The standard InChI is InChI=1S/C22H29F2N3O2S.C17H23BF2N2O2S.C17H21F2N3S.C12H18F3NO5S.C11H11BrF2N2S.C6H6BrNS.C5H9F2NO2.B.Na.H/c1-14-7-9-17(27(12-14)20(28)29-21(2,3)4)15-8-10-18-16(11-15)25-19(30-18)22(23,24)13-26(5)6;1-15(2)16(3,4)24-18(23-15)11-7-8-13-12(9-11)21-14(25-13)17(19,20)10-22(5)6;1-11-4-6-13(20-9-11)12-5-7-15-14(8-12)21-16(23-15)17(18,19)10-22(2)3;1-8-5-6-9(21-22(18,19)12(13,14)15)16(7-8)10(17)20-11(2,3)4;1-16(2)6-11(13,14)10-15-8-5-7(12)3-4-9(8)17-10;7-4-1-2-6(9)5(8)3-4;1-8(2)3-5(6,7)4(9)10;;;/h8-11,14H,7,12-13H2,1-6H3;7-9H,10H2,1-6H3;5,7-8,11H,4,6,9-10H2,1-3H3;6,8H,5,7H2,1-4H3;3-5H,6H2,1-2H3;1-3,9H,8H2;3H2,1-2H3,(H,9,10);;;/q;;;;;;;;+1;-1/t14-;;11-;8-;;;;;;/m0.00....../s1. The van der Waals surface area contributed by atoms with Crippen LogP contribution in [0.1, 0.15) is 148 Å². The number of carbonyl (C=O) groups excluding carboxylic acids is 2. The van der Waals surface area contributed by atoms with Crippen molar-refractivity contribution in [2.75, 3.05) is 129 Å². The van der Waals surface area contributed by atoms with E-state index in [1.807, 2.05) is 115 Å². The number of aliphatic imine (C=N–C) groups is 1. The fraction of sp³-hybridized carbons (Fsp3) is 0.533. The van der Waals surface area contributed by atoms with Crippen LogP contribution in [0.5, 0.6) is 0 Å². The number of aliphatic carboxylic acids is 1. The maximum Gasteiger partial charge on any atom is 1.00 e. The van der Waals surface area contributed by atoms with Gasteiger partial charge in [0, 0.05) is 58.9 Å². The van der Waals surface area contributed by atoms with Crippen molar-refractivity contribution < 1.29 is 139 Å². The molecule has 0 bridgehead atoms. The molecule has 8 heterocycles. The third kappa shape index (κ3) is 35.8. The minimum Gasteiger partial charge on any atom is -1.00 e. The second kappa shape index (κ2) is 49.5. The van der Waals surface area contributed by atoms with Gasteiger partial charge in [0.25, 0.3) is 0 Å². The number of nitrogen functional groups attached to an aromatic ring is 1. The topological polar surface area (TPSA) is 264 Å². The van der Waals surface area contributed by atoms with E-state index in [1.54, 1.807) is 119 Å². The van der Waals surface area contributed by atoms with Crippen molar-refractivity contribution in [1.29, 1.82) is 0 Å². The number of hydrogen-bond donors (Lipinski definition) is 3. The summed E-state index contributed by atoms with van der Waals surface area (Å²) >= 11 is 14.8. The quantitative estimate of drug-likeness (QED) is 0.0160. The number of halogens is 15. The molecule has 9 aromatic rings. The van der Waals surface area contributed by atoms with Gasteiger partial charge in [0.05, 0.1) is 90.5 Å². The van der Waals surface area contributed by atoms with Gasteiger partial charge in [-0.2, -0.15) is 65.5 Å². The predicted molar refractivity (Wildman–Crippen MR) is 531 cm³/mol. The van der Waals surface area contributed by atoms with Gasteiger partial charge in [0.1, 0.15) is 11.2 Å². The summed E-state index contributed by atoms with van der Waals surface area (Å²) in [6, 6.07) is 27.6. The Hall–Kier alpha value is -6.38. The molecule has 3 N–H and O–H groups in total. The number of thiol groups is 1. The molecule has 3 atom stereocenters. The van der Waals surface area contributed by atoms with Gasteiger partial charge in [0.15, 0.2) is 20.0 Å². The van der Waals surface area contributed by atoms with E-state index in [2.05, 4.69) is 87.4 Å². The van der Waals surface area contributed by atoms with Crippen molar-refractivity contribution in [3.05, 3.63) is 149 Å². The molecular formula is C90H118B2Br2F13N13NaO11S6. The van der Waals surface area contributed by atoms with Gasteiger partial charge in [-0.25, -0.2) is 39.2 Å². The molecule has 757 valence electrons. The van der Waals surface area contributed by atoms with Crippen molar-refractivity contribution >= 4 is 197 Å². The van der Waals surface area contributed by atoms with Crippen molar-refractivity contribution in [3.8, 4) is 0 Å². The van der Waals surface area contributed by atoms with E-state index in [0.717, 1.165) is 143 Å². The molecule has 0 spiro atoms. The molecule has 4 aromatic heterocycles. The summed E-state index contributed by atoms with van der Waals surface area (Å²) in [6.07, 6.45) is 4.94. The second-order valence-electron chi connectivity index (χ2n) is 37.5. The number of carboxylic acids is 1. The van der Waals surface area contributed by atoms with E-state index in [1.165, 1.54) is 33.7 Å². The first-order valence-corrected chi connectivity index (χ1v) is 49.2. The largest absolute Gasteiger partial charge is 1.00 e. The Morgan fingerprint density at radius 2 is 0.906 bits per heavy atom. The van der Waals surface area contributed by atoms with Gasteiger partial charge in [-0.05, 0) is 273 Å². The molecule has 0 saturated carbocycles. The number of rotatable bonds is 20. The molecule has 4 aliphatic heterocycles. The number of thiazole rings is 4. The summed E-state index contributed by atoms with van der Waals surface area (Å²) in [7, 11) is 9.40. The zero-order valence-corrected chi connectivity index (χ0v) is 91.5. The van der Waals surface area contributed by atoms with E-state index >= 15 is 0 Å². The Labute approximate surface area is 861 Å². The third-order valence-corrected chi connectivity index (χ3v) is 26.9. The molecule has 3 radical (unpaired) electrons. The van der Waals surface area contributed by atoms with Gasteiger partial charge in [-0.15, -0.1) is 58.0 Å². The first-order chi connectivity index (χ1) is 62.3. The molecule has 2 amide bonds. The predicted octanol–water partition coefficient (Wildman–Crippen LogP) is 19.0.